The highest BCUT2D eigenvalue weighted by Gasteiger charge is 2.22. The Hall–Kier alpha value is -2.24. The number of esters is 1. The van der Waals surface area contributed by atoms with Crippen LogP contribution in [0, 0.1) is 0 Å². The van der Waals surface area contributed by atoms with E-state index in [-0.39, 0.29) is 12.1 Å². The molecule has 0 unspecified atom stereocenters. The molecule has 0 N–H and O–H groups in total. The summed E-state index contributed by atoms with van der Waals surface area (Å²) < 4.78 is 15.4. The van der Waals surface area contributed by atoms with E-state index in [1.807, 2.05) is 45.0 Å². The van der Waals surface area contributed by atoms with Gasteiger partial charge in [0.1, 0.15) is 11.4 Å². The SMILES string of the molecule is COC(=O)CCCCCCN(Cc1cccc(OC)c1)C(=O)OC(C)(C)C. The molecular weight excluding hydrogens is 346 g/mol. The molecule has 0 aliphatic carbocycles. The number of rotatable bonds is 10. The highest BCUT2D eigenvalue weighted by molar-refractivity contribution is 5.69. The van der Waals surface area contributed by atoms with Crippen molar-refractivity contribution in [1.82, 2.24) is 4.90 Å². The summed E-state index contributed by atoms with van der Waals surface area (Å²) >= 11 is 0. The zero-order valence-corrected chi connectivity index (χ0v) is 17.2. The fourth-order valence-corrected chi connectivity index (χ4v) is 2.58. The van der Waals surface area contributed by atoms with Crippen molar-refractivity contribution in [1.29, 1.82) is 0 Å². The minimum absolute atomic E-state index is 0.177. The van der Waals surface area contributed by atoms with Gasteiger partial charge < -0.3 is 19.1 Å². The van der Waals surface area contributed by atoms with Crippen LogP contribution in [-0.4, -0.2) is 43.3 Å². The van der Waals surface area contributed by atoms with Crippen LogP contribution in [0.2, 0.25) is 0 Å². The number of methoxy groups -OCH3 is 2. The minimum Gasteiger partial charge on any atom is -0.497 e. The van der Waals surface area contributed by atoms with Gasteiger partial charge in [0.15, 0.2) is 0 Å². The number of benzene rings is 1. The minimum atomic E-state index is -0.537. The predicted molar refractivity (Wildman–Crippen MR) is 105 cm³/mol. The third kappa shape index (κ3) is 9.87. The second-order valence-electron chi connectivity index (χ2n) is 7.49. The van der Waals surface area contributed by atoms with Crippen molar-refractivity contribution >= 4 is 12.1 Å². The first-order valence-corrected chi connectivity index (χ1v) is 9.43. The molecule has 0 aliphatic rings. The van der Waals surface area contributed by atoms with Crippen LogP contribution in [0.25, 0.3) is 0 Å². The average Bonchev–Trinajstić information content (AvgIpc) is 2.61. The van der Waals surface area contributed by atoms with Crippen molar-refractivity contribution in [2.45, 2.75) is 65.0 Å². The number of ether oxygens (including phenoxy) is 3. The summed E-state index contributed by atoms with van der Waals surface area (Å²) in [5.41, 5.74) is 0.454. The number of amides is 1. The Morgan fingerprint density at radius 2 is 1.74 bits per heavy atom. The standard InChI is InChI=1S/C21H33NO5/c1-21(2,3)27-20(24)22(14-9-7-6-8-13-19(23)26-5)16-17-11-10-12-18(15-17)25-4/h10-12,15H,6-9,13-14,16H2,1-5H3. The van der Waals surface area contributed by atoms with Crippen molar-refractivity contribution in [3.63, 3.8) is 0 Å². The number of hydrogen-bond acceptors (Lipinski definition) is 5. The molecule has 1 amide bonds. The molecule has 0 radical (unpaired) electrons. The van der Waals surface area contributed by atoms with E-state index in [0.29, 0.717) is 19.5 Å². The van der Waals surface area contributed by atoms with Crippen LogP contribution >= 0.6 is 0 Å². The Balaban J connectivity index is 2.60. The Bertz CT molecular complexity index is 594. The number of nitrogens with zero attached hydrogens (tertiary/aromatic N) is 1. The zero-order valence-electron chi connectivity index (χ0n) is 17.2. The number of carbonyl (C=O) groups excluding carboxylic acids is 2. The van der Waals surface area contributed by atoms with E-state index in [4.69, 9.17) is 9.47 Å². The van der Waals surface area contributed by atoms with E-state index in [9.17, 15) is 9.59 Å². The maximum atomic E-state index is 12.6. The molecule has 27 heavy (non-hydrogen) atoms. The van der Waals surface area contributed by atoms with Gasteiger partial charge in [0.25, 0.3) is 0 Å². The first-order chi connectivity index (χ1) is 12.7. The quantitative estimate of drug-likeness (QED) is 0.440. The largest absolute Gasteiger partial charge is 0.497 e. The topological polar surface area (TPSA) is 65.1 Å². The molecule has 0 aliphatic heterocycles. The lowest BCUT2D eigenvalue weighted by Crippen LogP contribution is -2.37. The van der Waals surface area contributed by atoms with Crippen LogP contribution in [0.4, 0.5) is 4.79 Å². The van der Waals surface area contributed by atoms with Crippen molar-refractivity contribution in [3.05, 3.63) is 29.8 Å². The summed E-state index contributed by atoms with van der Waals surface area (Å²) in [6.07, 6.45) is 3.64. The molecule has 152 valence electrons. The Labute approximate surface area is 162 Å². The predicted octanol–water partition coefficient (Wildman–Crippen LogP) is 4.56. The van der Waals surface area contributed by atoms with Gasteiger partial charge in [0, 0.05) is 19.5 Å². The van der Waals surface area contributed by atoms with E-state index in [1.54, 1.807) is 12.0 Å². The maximum absolute atomic E-state index is 12.6. The van der Waals surface area contributed by atoms with Crippen LogP contribution in [0.1, 0.15) is 58.4 Å². The number of unbranched alkanes of at least 4 members (excludes halogenated alkanes) is 3. The van der Waals surface area contributed by atoms with Gasteiger partial charge >= 0.3 is 12.1 Å². The smallest absolute Gasteiger partial charge is 0.410 e. The molecule has 0 fully saturated rings. The summed E-state index contributed by atoms with van der Waals surface area (Å²) in [5.74, 6) is 0.586. The summed E-state index contributed by atoms with van der Waals surface area (Å²) in [6.45, 7) is 6.66. The van der Waals surface area contributed by atoms with Crippen molar-refractivity contribution in [2.75, 3.05) is 20.8 Å². The average molecular weight is 379 g/mol. The molecule has 0 saturated heterocycles. The molecule has 0 heterocycles. The molecule has 1 aromatic rings. The molecule has 0 bridgehead atoms. The number of carbonyl (C=O) groups is 2. The first-order valence-electron chi connectivity index (χ1n) is 9.43. The van der Waals surface area contributed by atoms with Crippen LogP contribution in [0.5, 0.6) is 5.75 Å². The molecule has 1 aromatic carbocycles. The summed E-state index contributed by atoms with van der Waals surface area (Å²) in [7, 11) is 3.03. The van der Waals surface area contributed by atoms with Gasteiger partial charge in [-0.25, -0.2) is 4.79 Å². The second kappa shape index (κ2) is 11.5. The van der Waals surface area contributed by atoms with E-state index >= 15 is 0 Å². The monoisotopic (exact) mass is 379 g/mol. The Kier molecular flexibility index (Phi) is 9.68. The van der Waals surface area contributed by atoms with Crippen molar-refractivity contribution in [2.24, 2.45) is 0 Å². The fourth-order valence-electron chi connectivity index (χ4n) is 2.58. The molecule has 0 atom stereocenters. The van der Waals surface area contributed by atoms with Gasteiger partial charge in [-0.1, -0.05) is 25.0 Å². The van der Waals surface area contributed by atoms with Gasteiger partial charge in [0.2, 0.25) is 0 Å². The van der Waals surface area contributed by atoms with Gasteiger partial charge in [-0.15, -0.1) is 0 Å². The maximum Gasteiger partial charge on any atom is 0.410 e. The van der Waals surface area contributed by atoms with Crippen LogP contribution < -0.4 is 4.74 Å². The molecule has 6 heteroatoms. The van der Waals surface area contributed by atoms with Gasteiger partial charge in [-0.05, 0) is 51.3 Å². The van der Waals surface area contributed by atoms with Crippen LogP contribution in [-0.2, 0) is 20.8 Å². The van der Waals surface area contributed by atoms with E-state index in [0.717, 1.165) is 37.0 Å². The Morgan fingerprint density at radius 1 is 1.04 bits per heavy atom. The lowest BCUT2D eigenvalue weighted by atomic mass is 10.1. The third-order valence-electron chi connectivity index (χ3n) is 3.95. The molecule has 0 saturated carbocycles. The lowest BCUT2D eigenvalue weighted by molar-refractivity contribution is -0.140. The molecular formula is C21H33NO5. The second-order valence-corrected chi connectivity index (χ2v) is 7.49. The summed E-state index contributed by atoms with van der Waals surface area (Å²) in [6, 6.07) is 7.68. The number of hydrogen-bond donors (Lipinski definition) is 0. The fraction of sp³-hybridized carbons (Fsp3) is 0.619. The van der Waals surface area contributed by atoms with Gasteiger partial charge in [-0.2, -0.15) is 0 Å². The van der Waals surface area contributed by atoms with Crippen molar-refractivity contribution in [3.8, 4) is 5.75 Å². The highest BCUT2D eigenvalue weighted by atomic mass is 16.6. The first kappa shape index (κ1) is 22.8. The zero-order chi connectivity index (χ0) is 20.3. The van der Waals surface area contributed by atoms with E-state index < -0.39 is 5.60 Å². The van der Waals surface area contributed by atoms with E-state index in [1.165, 1.54) is 7.11 Å². The third-order valence-corrected chi connectivity index (χ3v) is 3.95. The van der Waals surface area contributed by atoms with E-state index in [2.05, 4.69) is 4.74 Å². The highest BCUT2D eigenvalue weighted by Crippen LogP contribution is 2.17. The van der Waals surface area contributed by atoms with Gasteiger partial charge in [0.05, 0.1) is 14.2 Å². The van der Waals surface area contributed by atoms with Crippen LogP contribution in [0.3, 0.4) is 0 Å². The van der Waals surface area contributed by atoms with Crippen molar-refractivity contribution < 1.29 is 23.8 Å². The normalized spacial score (nSPS) is 11.0. The van der Waals surface area contributed by atoms with Crippen LogP contribution in [0.15, 0.2) is 24.3 Å². The molecule has 6 nitrogen and oxygen atoms in total. The Morgan fingerprint density at radius 3 is 2.37 bits per heavy atom. The summed E-state index contributed by atoms with van der Waals surface area (Å²) in [4.78, 5) is 25.4. The van der Waals surface area contributed by atoms with Gasteiger partial charge in [-0.3, -0.25) is 4.79 Å². The molecule has 0 spiro atoms. The lowest BCUT2D eigenvalue weighted by Gasteiger charge is -2.27. The molecule has 0 aromatic heterocycles. The summed E-state index contributed by atoms with van der Waals surface area (Å²) in [5, 5.41) is 0. The molecule has 1 rings (SSSR count).